The third kappa shape index (κ3) is 18.6. The van der Waals surface area contributed by atoms with Gasteiger partial charge in [0.1, 0.15) is 56.8 Å². The molecule has 9 aliphatic heterocycles. The van der Waals surface area contributed by atoms with Gasteiger partial charge in [0.2, 0.25) is 0 Å². The lowest BCUT2D eigenvalue weighted by Gasteiger charge is -2.44. The number of hydrogen-bond acceptors (Lipinski definition) is 18. The van der Waals surface area contributed by atoms with E-state index in [0.29, 0.717) is 126 Å². The summed E-state index contributed by atoms with van der Waals surface area (Å²) >= 11 is 3.54. The molecule has 2 aliphatic carbocycles. The van der Waals surface area contributed by atoms with Gasteiger partial charge in [-0.3, -0.25) is 29.6 Å². The number of anilines is 2. The minimum Gasteiger partial charge on any atom is -0.444 e. The number of carbonyl (C=O) groups is 4. The fraction of sp³-hybridized carbons (Fsp3) is 0.489. The Morgan fingerprint density at radius 3 is 1.12 bits per heavy atom. The van der Waals surface area contributed by atoms with Gasteiger partial charge in [0.05, 0.1) is 85.6 Å². The maximum absolute atomic E-state index is 16.5. The lowest BCUT2D eigenvalue weighted by molar-refractivity contribution is -0.0558. The topological polar surface area (TPSA) is 261 Å². The SMILES string of the molecule is CC(C)(C)OC(=O)N1CCC[C@H]1C1=NC2(COC2)c2ccc(-c3ccc4c(c3)C(F)(F)c3cc(-c5cnc([C@@H]6CCCN6C(=O)OC(C)(C)C)[nH]5)ccc3-4)cc2N1.CC(C)(C)OC(=O)N1CCC[C@H]1C1=NC2(COC2)c2ccc(Br)cc2N1.CC(C)(C)OC(=O)N1CCC[C@H]1c1ncc(-c2ccc3c(c2)C(F)(F)c2cc(B4OC(C)(C)C(C)(C)O4)ccc2-3)[nH]1.S.S.S.S. The molecule has 34 heteroatoms. The second kappa shape index (κ2) is 35.4. The zero-order valence-corrected chi connectivity index (χ0v) is 80.7. The van der Waals surface area contributed by atoms with Crippen LogP contribution in [-0.2, 0) is 60.7 Å². The predicted molar refractivity (Wildman–Crippen MR) is 511 cm³/mol. The average molecular weight is 1900 g/mol. The summed E-state index contributed by atoms with van der Waals surface area (Å²) in [5.74, 6) is -3.70. The highest BCUT2D eigenvalue weighted by Crippen LogP contribution is 2.56. The molecule has 0 bridgehead atoms. The van der Waals surface area contributed by atoms with Crippen molar-refractivity contribution < 1.29 is 74.5 Å². The van der Waals surface area contributed by atoms with Gasteiger partial charge in [-0.2, -0.15) is 71.5 Å². The number of alkyl halides is 4. The molecule has 2 spiro atoms. The monoisotopic (exact) mass is 1900 g/mol. The summed E-state index contributed by atoms with van der Waals surface area (Å²) in [5, 5.41) is 6.99. The Morgan fingerprint density at radius 2 is 0.742 bits per heavy atom. The van der Waals surface area contributed by atoms with Gasteiger partial charge < -0.3 is 58.3 Å². The number of nitrogens with zero attached hydrogens (tertiary/aromatic N) is 8. The van der Waals surface area contributed by atoms with Gasteiger partial charge in [0, 0.05) is 86.5 Å². The fourth-order valence-corrected chi connectivity index (χ4v) is 18.6. The predicted octanol–water partition coefficient (Wildman–Crippen LogP) is 20.3. The number of rotatable bonds is 8. The Kier molecular flexibility index (Phi) is 26.8. The number of nitrogens with one attached hydrogen (secondary N) is 4. The molecule has 4 N–H and O–H groups in total. The lowest BCUT2D eigenvalue weighted by Crippen LogP contribution is -2.53. The maximum Gasteiger partial charge on any atom is 0.494 e. The average Bonchev–Trinajstić information content (AvgIpc) is 1.48. The molecule has 11 heterocycles. The van der Waals surface area contributed by atoms with Gasteiger partial charge in [-0.25, -0.2) is 29.1 Å². The first-order valence-electron chi connectivity index (χ1n) is 43.0. The van der Waals surface area contributed by atoms with Crippen molar-refractivity contribution in [1.82, 2.24) is 39.5 Å². The van der Waals surface area contributed by atoms with Crippen molar-refractivity contribution in [3.05, 3.63) is 171 Å². The van der Waals surface area contributed by atoms with Gasteiger partial charge in [-0.15, -0.1) is 0 Å². The van der Waals surface area contributed by atoms with Crippen molar-refractivity contribution >= 4 is 130 Å². The van der Waals surface area contributed by atoms with Crippen LogP contribution in [0, 0.1) is 0 Å². The highest BCUT2D eigenvalue weighted by molar-refractivity contribution is 9.10. The third-order valence-electron chi connectivity index (χ3n) is 25.1. The van der Waals surface area contributed by atoms with Gasteiger partial charge in [0.15, 0.2) is 0 Å². The van der Waals surface area contributed by atoms with E-state index in [0.717, 1.165) is 89.7 Å². The number of aromatic amines is 2. The Bertz CT molecular complexity index is 5650. The van der Waals surface area contributed by atoms with Crippen LogP contribution in [0.15, 0.2) is 136 Å². The van der Waals surface area contributed by atoms with Crippen LogP contribution in [0.3, 0.4) is 0 Å². The number of fused-ring (bicyclic) bond motifs is 10. The molecule has 2 aromatic heterocycles. The van der Waals surface area contributed by atoms with E-state index < -0.39 is 64.2 Å². The van der Waals surface area contributed by atoms with Crippen molar-refractivity contribution in [2.24, 2.45) is 9.98 Å². The highest BCUT2D eigenvalue weighted by Gasteiger charge is 2.55. The summed E-state index contributed by atoms with van der Waals surface area (Å²) in [7, 11) is -0.723. The van der Waals surface area contributed by atoms with Gasteiger partial charge in [-0.1, -0.05) is 88.7 Å². The van der Waals surface area contributed by atoms with Crippen LogP contribution in [0.2, 0.25) is 0 Å². The molecule has 0 unspecified atom stereocenters. The lowest BCUT2D eigenvalue weighted by atomic mass is 9.77. The van der Waals surface area contributed by atoms with Gasteiger partial charge in [0.25, 0.3) is 11.8 Å². The van der Waals surface area contributed by atoms with E-state index >= 15 is 17.6 Å². The molecule has 11 aliphatic rings. The van der Waals surface area contributed by atoms with Crippen LogP contribution >= 0.6 is 69.9 Å². The molecular formula is C94H116BBrF4N12O12S4. The number of halogens is 5. The van der Waals surface area contributed by atoms with E-state index in [-0.39, 0.29) is 124 Å². The van der Waals surface area contributed by atoms with Crippen LogP contribution < -0.4 is 16.1 Å². The number of aliphatic imine (C=N–C) groups is 2. The minimum absolute atomic E-state index is 0. The molecule has 7 fully saturated rings. The molecular weight excluding hydrogens is 1780 g/mol. The van der Waals surface area contributed by atoms with E-state index in [1.54, 1.807) is 74.5 Å². The standard InChI is InChI=1S/C44H48F2N6O5.C31H36BF2N3O4.C19H24BrN3O3.4H2S/c1-41(2,3)56-39(53)51-17-7-9-35(51)37-47-22-34(49-37)27-12-15-29-28-14-11-25(19-31(28)44(45,46)32(29)20-27)26-13-16-30-33(21-26)48-38(50-43(30)23-55-24-43)36-10-8-18-52(36)40(54)57-42(4,5)6;1-28(2,3)39-27(38)37-14-8-9-25(37)26-35-17-24(36-26)18-10-12-20-21-13-11-19(16-23(21)31(33,34)22(20)15-18)32-40-29(4,5)30(6,7)41-32;1-18(2,3)26-17(24)23-8-4-5-15(23)16-21-14-9-12(20)6-7-13(14)19(22-16)10-25-11-19;;;;/h11-16,19-22,35-36H,7-10,17-18,23-24H2,1-6H3,(H,47,49)(H,48,50);10-13,15-17,25H,8-9,14H2,1-7H3,(H,35,36);6-7,9,15H,4-5,8,10-11H2,1-3H3,(H,21,22);4*1H2/t35-,36-;25-;15-;;;;/m000..../s1. The fourth-order valence-electron chi connectivity index (χ4n) is 18.3. The normalized spacial score (nSPS) is 21.6. The van der Waals surface area contributed by atoms with E-state index in [9.17, 15) is 19.2 Å². The zero-order valence-electron chi connectivity index (χ0n) is 75.1. The Balaban J connectivity index is 0.000000173. The van der Waals surface area contributed by atoms with Crippen molar-refractivity contribution in [2.45, 2.75) is 243 Å². The quantitative estimate of drug-likeness (QED) is 0.0626. The van der Waals surface area contributed by atoms with Crippen molar-refractivity contribution in [1.29, 1.82) is 0 Å². The van der Waals surface area contributed by atoms with Crippen LogP contribution in [0.4, 0.5) is 48.1 Å². The largest absolute Gasteiger partial charge is 0.494 e. The molecule has 7 saturated heterocycles. The Morgan fingerprint density at radius 1 is 0.422 bits per heavy atom. The number of carbonyl (C=O) groups excluding carboxylic acids is 4. The number of likely N-dealkylation sites (tertiary alicyclic amines) is 4. The molecule has 128 heavy (non-hydrogen) atoms. The Labute approximate surface area is 781 Å². The minimum atomic E-state index is -3.24. The second-order valence-electron chi connectivity index (χ2n) is 39.3. The molecule has 6 aromatic carbocycles. The third-order valence-corrected chi connectivity index (χ3v) is 25.5. The maximum atomic E-state index is 16.5. The number of aromatic nitrogens is 4. The van der Waals surface area contributed by atoms with E-state index in [2.05, 4.69) is 58.6 Å². The first-order valence-corrected chi connectivity index (χ1v) is 43.8. The van der Waals surface area contributed by atoms with E-state index in [1.165, 1.54) is 12.1 Å². The molecule has 4 amide bonds. The van der Waals surface area contributed by atoms with Crippen LogP contribution in [-0.4, -0.2) is 181 Å². The summed E-state index contributed by atoms with van der Waals surface area (Å²) in [6, 6.07) is 31.7. The van der Waals surface area contributed by atoms with Crippen LogP contribution in [0.1, 0.15) is 219 Å². The van der Waals surface area contributed by atoms with Crippen molar-refractivity contribution in [2.75, 3.05) is 63.2 Å². The van der Waals surface area contributed by atoms with Crippen molar-refractivity contribution in [3.8, 4) is 55.9 Å². The number of imidazole rings is 2. The summed E-state index contributed by atoms with van der Waals surface area (Å²) in [4.78, 5) is 84.3. The van der Waals surface area contributed by atoms with Crippen molar-refractivity contribution in [3.63, 3.8) is 0 Å². The zero-order chi connectivity index (χ0) is 88.1. The summed E-state index contributed by atoms with van der Waals surface area (Å²) in [6.07, 6.45) is 8.37. The molecule has 0 saturated carbocycles. The Hall–Kier alpha value is -8.74. The molecule has 686 valence electrons. The van der Waals surface area contributed by atoms with Crippen LogP contribution in [0.5, 0.6) is 0 Å². The first-order chi connectivity index (χ1) is 58.3. The molecule has 0 radical (unpaired) electrons. The molecule has 8 aromatic rings. The summed E-state index contributed by atoms with van der Waals surface area (Å²) in [5.41, 5.74) is 5.75. The number of ether oxygens (including phenoxy) is 6. The summed E-state index contributed by atoms with van der Waals surface area (Å²) < 4.78 is 112. The molecule has 19 rings (SSSR count). The highest BCUT2D eigenvalue weighted by atomic mass is 79.9. The smallest absolute Gasteiger partial charge is 0.444 e. The molecule has 24 nitrogen and oxygen atoms in total. The number of benzene rings is 6. The van der Waals surface area contributed by atoms with Crippen LogP contribution in [0.25, 0.3) is 55.9 Å². The second-order valence-corrected chi connectivity index (χ2v) is 40.2. The molecule has 4 atom stereocenters. The van der Waals surface area contributed by atoms with Gasteiger partial charge >= 0.3 is 31.5 Å². The van der Waals surface area contributed by atoms with E-state index in [4.69, 9.17) is 47.7 Å². The number of hydrogen-bond donors (Lipinski definition) is 4. The number of amidine groups is 2. The first kappa shape index (κ1) is 96.8. The number of amides is 4. The summed E-state index contributed by atoms with van der Waals surface area (Å²) in [6.45, 7) is 34.4. The van der Waals surface area contributed by atoms with Gasteiger partial charge in [-0.05, 0) is 237 Å². The van der Waals surface area contributed by atoms with E-state index in [1.807, 2.05) is 153 Å². The number of H-pyrrole nitrogens is 2.